The summed E-state index contributed by atoms with van der Waals surface area (Å²) in [5.41, 5.74) is 5.92. The Morgan fingerprint density at radius 2 is 1.75 bits per heavy atom. The van der Waals surface area contributed by atoms with Gasteiger partial charge in [0.05, 0.1) is 5.69 Å². The average Bonchev–Trinajstić information content (AvgIpc) is 3.10. The number of rotatable bonds is 2. The van der Waals surface area contributed by atoms with E-state index in [0.717, 1.165) is 30.8 Å². The van der Waals surface area contributed by atoms with Crippen LogP contribution in [0.1, 0.15) is 67.6 Å². The van der Waals surface area contributed by atoms with Crippen molar-refractivity contribution in [2.75, 3.05) is 17.8 Å². The molecule has 2 aromatic carbocycles. The van der Waals surface area contributed by atoms with Crippen LogP contribution in [0, 0.1) is 13.8 Å². The zero-order valence-corrected chi connectivity index (χ0v) is 22.2. The second kappa shape index (κ2) is 10.4. The summed E-state index contributed by atoms with van der Waals surface area (Å²) in [6.07, 6.45) is 9.04. The van der Waals surface area contributed by atoms with E-state index < -0.39 is 0 Å². The van der Waals surface area contributed by atoms with Gasteiger partial charge in [0.1, 0.15) is 6.10 Å². The van der Waals surface area contributed by atoms with Crippen LogP contribution < -0.4 is 9.46 Å². The van der Waals surface area contributed by atoms with Crippen molar-refractivity contribution in [3.8, 4) is 17.1 Å². The number of likely N-dealkylation sites (tertiary alicyclic amines) is 1. The minimum Gasteiger partial charge on any atom is -0.473 e. The number of ether oxygens (including phenoxy) is 1. The van der Waals surface area contributed by atoms with Crippen LogP contribution in [0.15, 0.2) is 53.4 Å². The van der Waals surface area contributed by atoms with Crippen LogP contribution in [0.4, 0.5) is 5.95 Å². The Balaban J connectivity index is 1.40. The quantitative estimate of drug-likeness (QED) is 0.377. The van der Waals surface area contributed by atoms with Crippen molar-refractivity contribution in [2.45, 2.75) is 81.8 Å². The molecule has 0 amide bonds. The fourth-order valence-corrected chi connectivity index (χ4v) is 6.98. The molecule has 1 N–H and O–H groups in total. The number of hydrogen-bond donors (Lipinski definition) is 1. The minimum atomic E-state index is 0.101. The highest BCUT2D eigenvalue weighted by molar-refractivity contribution is 8.00. The molecule has 6 rings (SSSR count). The molecule has 2 fully saturated rings. The number of aromatic nitrogens is 2. The monoisotopic (exact) mass is 500 g/mol. The molecule has 36 heavy (non-hydrogen) atoms. The van der Waals surface area contributed by atoms with Crippen LogP contribution in [0.2, 0.25) is 0 Å². The maximum absolute atomic E-state index is 6.77. The van der Waals surface area contributed by atoms with E-state index >= 15 is 0 Å². The van der Waals surface area contributed by atoms with E-state index in [0.29, 0.717) is 23.8 Å². The standard InChI is InChI=1S/C30H36N4OS/c1-20-8-6-9-21(2)29(20)27-18-28-32-30(31-27)33-36-26-13-7-10-22(17-26)23-14-15-34(19-25(16-23)35-28)24-11-4-3-5-12-24/h6-10,13,17-18,23-25H,3-5,11-12,14-16,19H2,1-2H3,(H,31,32,33)/t23?,25-/m0/s1. The van der Waals surface area contributed by atoms with E-state index in [-0.39, 0.29) is 6.10 Å². The number of nitrogens with zero attached hydrogens (tertiary/aromatic N) is 3. The fraction of sp³-hybridized carbons (Fsp3) is 0.467. The molecule has 2 aliphatic heterocycles. The van der Waals surface area contributed by atoms with Crippen LogP contribution in [0.3, 0.4) is 0 Å². The van der Waals surface area contributed by atoms with Gasteiger partial charge in [0.2, 0.25) is 11.8 Å². The Morgan fingerprint density at radius 1 is 0.944 bits per heavy atom. The lowest BCUT2D eigenvalue weighted by Gasteiger charge is -2.35. The summed E-state index contributed by atoms with van der Waals surface area (Å²) < 4.78 is 10.2. The number of hydrogen-bond acceptors (Lipinski definition) is 6. The predicted octanol–water partition coefficient (Wildman–Crippen LogP) is 7.15. The molecule has 188 valence electrons. The number of benzene rings is 2. The van der Waals surface area contributed by atoms with Crippen molar-refractivity contribution in [3.63, 3.8) is 0 Å². The molecule has 3 aliphatic rings. The summed E-state index contributed by atoms with van der Waals surface area (Å²) in [6.45, 7) is 6.41. The first-order chi connectivity index (χ1) is 17.6. The molecule has 1 saturated heterocycles. The molecule has 2 atom stereocenters. The van der Waals surface area contributed by atoms with E-state index in [1.165, 1.54) is 60.1 Å². The Hall–Kier alpha value is -2.57. The molecule has 1 unspecified atom stereocenters. The highest BCUT2D eigenvalue weighted by Crippen LogP contribution is 2.36. The van der Waals surface area contributed by atoms with Gasteiger partial charge in [0.25, 0.3) is 0 Å². The summed E-state index contributed by atoms with van der Waals surface area (Å²) in [6, 6.07) is 18.1. The first-order valence-electron chi connectivity index (χ1n) is 13.5. The van der Waals surface area contributed by atoms with Crippen molar-refractivity contribution < 1.29 is 4.74 Å². The van der Waals surface area contributed by atoms with Gasteiger partial charge in [-0.1, -0.05) is 49.6 Å². The second-order valence-corrected chi connectivity index (χ2v) is 11.6. The molecule has 1 aliphatic carbocycles. The lowest BCUT2D eigenvalue weighted by Crippen LogP contribution is -2.42. The highest BCUT2D eigenvalue weighted by Gasteiger charge is 2.31. The number of aryl methyl sites for hydroxylation is 2. The molecule has 0 radical (unpaired) electrons. The lowest BCUT2D eigenvalue weighted by molar-refractivity contribution is 0.0942. The molecule has 1 aromatic heterocycles. The molecule has 6 heteroatoms. The Labute approximate surface area is 219 Å². The molecule has 0 spiro atoms. The maximum Gasteiger partial charge on any atom is 0.237 e. The van der Waals surface area contributed by atoms with Crippen molar-refractivity contribution in [1.82, 2.24) is 14.9 Å². The van der Waals surface area contributed by atoms with Gasteiger partial charge in [-0.3, -0.25) is 9.62 Å². The van der Waals surface area contributed by atoms with Gasteiger partial charge in [-0.2, -0.15) is 4.98 Å². The van der Waals surface area contributed by atoms with Crippen LogP contribution >= 0.6 is 11.9 Å². The summed E-state index contributed by atoms with van der Waals surface area (Å²) in [4.78, 5) is 13.7. The normalized spacial score (nSPS) is 22.9. The third-order valence-electron chi connectivity index (χ3n) is 8.16. The molecular formula is C30H36N4OS. The smallest absolute Gasteiger partial charge is 0.237 e. The number of nitrogens with one attached hydrogen (secondary N) is 1. The van der Waals surface area contributed by atoms with Crippen LogP contribution in [-0.4, -0.2) is 40.1 Å². The largest absolute Gasteiger partial charge is 0.473 e. The summed E-state index contributed by atoms with van der Waals surface area (Å²) in [5, 5.41) is 0. The molecular weight excluding hydrogens is 464 g/mol. The predicted molar refractivity (Wildman–Crippen MR) is 148 cm³/mol. The minimum absolute atomic E-state index is 0.101. The van der Waals surface area contributed by atoms with Crippen LogP contribution in [-0.2, 0) is 0 Å². The van der Waals surface area contributed by atoms with Gasteiger partial charge in [-0.15, -0.1) is 0 Å². The Kier molecular flexibility index (Phi) is 6.89. The summed E-state index contributed by atoms with van der Waals surface area (Å²) in [7, 11) is 0. The third kappa shape index (κ3) is 5.12. The van der Waals surface area contributed by atoms with Crippen molar-refractivity contribution in [3.05, 3.63) is 65.2 Å². The third-order valence-corrected chi connectivity index (χ3v) is 8.93. The molecule has 1 saturated carbocycles. The second-order valence-electron chi connectivity index (χ2n) is 10.7. The van der Waals surface area contributed by atoms with Crippen molar-refractivity contribution in [2.24, 2.45) is 0 Å². The van der Waals surface area contributed by atoms with E-state index in [9.17, 15) is 0 Å². The van der Waals surface area contributed by atoms with E-state index in [1.54, 1.807) is 11.9 Å². The molecule has 5 nitrogen and oxygen atoms in total. The molecule has 6 bridgehead atoms. The number of fused-ring (bicyclic) bond motifs is 7. The maximum atomic E-state index is 6.77. The SMILES string of the molecule is Cc1cccc(C)c1-c1cc2nc(n1)NSc1cccc(c1)C1CCN(C3CCCCC3)C[C@H](C1)O2. The van der Waals surface area contributed by atoms with Gasteiger partial charge < -0.3 is 4.74 Å². The van der Waals surface area contributed by atoms with E-state index in [2.05, 4.69) is 65.9 Å². The Morgan fingerprint density at radius 3 is 2.58 bits per heavy atom. The van der Waals surface area contributed by atoms with Gasteiger partial charge >= 0.3 is 0 Å². The first kappa shape index (κ1) is 23.8. The average molecular weight is 501 g/mol. The van der Waals surface area contributed by atoms with Gasteiger partial charge in [0, 0.05) is 29.1 Å². The fourth-order valence-electron chi connectivity index (χ4n) is 6.34. The van der Waals surface area contributed by atoms with Crippen molar-refractivity contribution >= 4 is 17.9 Å². The zero-order valence-electron chi connectivity index (χ0n) is 21.4. The zero-order chi connectivity index (χ0) is 24.5. The number of anilines is 1. The van der Waals surface area contributed by atoms with Gasteiger partial charge in [-0.05, 0) is 92.8 Å². The van der Waals surface area contributed by atoms with E-state index in [1.807, 2.05) is 6.07 Å². The van der Waals surface area contributed by atoms with Crippen LogP contribution in [0.25, 0.3) is 11.3 Å². The molecule has 3 aromatic rings. The van der Waals surface area contributed by atoms with Crippen molar-refractivity contribution in [1.29, 1.82) is 0 Å². The van der Waals surface area contributed by atoms with Gasteiger partial charge in [-0.25, -0.2) is 4.98 Å². The Bertz CT molecular complexity index is 1210. The lowest BCUT2D eigenvalue weighted by atomic mass is 9.91. The van der Waals surface area contributed by atoms with Crippen LogP contribution in [0.5, 0.6) is 5.88 Å². The molecule has 3 heterocycles. The topological polar surface area (TPSA) is 50.3 Å². The first-order valence-corrected chi connectivity index (χ1v) is 14.3. The van der Waals surface area contributed by atoms with Gasteiger partial charge in [0.15, 0.2) is 0 Å². The summed E-state index contributed by atoms with van der Waals surface area (Å²) >= 11 is 1.58. The van der Waals surface area contributed by atoms with E-state index in [4.69, 9.17) is 14.7 Å². The highest BCUT2D eigenvalue weighted by atomic mass is 32.2. The summed E-state index contributed by atoms with van der Waals surface area (Å²) in [5.74, 6) is 1.75.